The zero-order chi connectivity index (χ0) is 8.86. The van der Waals surface area contributed by atoms with Crippen molar-refractivity contribution in [2.45, 2.75) is 18.4 Å². The standard InChI is InChI=1S/C8H16FNO2/c9-3-1-4-10-6-8(11)2-5-12-7-8/h10-11H,1-7H2. The number of aliphatic hydroxyl groups is 1. The average molecular weight is 177 g/mol. The van der Waals surface area contributed by atoms with Gasteiger partial charge in [0.2, 0.25) is 0 Å². The van der Waals surface area contributed by atoms with Gasteiger partial charge in [-0.2, -0.15) is 0 Å². The summed E-state index contributed by atoms with van der Waals surface area (Å²) in [6.45, 7) is 1.85. The van der Waals surface area contributed by atoms with Crippen molar-refractivity contribution in [2.75, 3.05) is 33.0 Å². The number of hydrogen-bond acceptors (Lipinski definition) is 3. The van der Waals surface area contributed by atoms with Crippen LogP contribution in [0.15, 0.2) is 0 Å². The third-order valence-corrected chi connectivity index (χ3v) is 2.02. The molecule has 72 valence electrons. The second-order valence-corrected chi connectivity index (χ2v) is 3.25. The number of alkyl halides is 1. The molecule has 1 unspecified atom stereocenters. The number of rotatable bonds is 5. The Morgan fingerprint density at radius 2 is 2.42 bits per heavy atom. The van der Waals surface area contributed by atoms with Gasteiger partial charge in [-0.15, -0.1) is 0 Å². The van der Waals surface area contributed by atoms with Gasteiger partial charge in [-0.1, -0.05) is 0 Å². The highest BCUT2D eigenvalue weighted by molar-refractivity contribution is 4.84. The van der Waals surface area contributed by atoms with E-state index in [0.717, 1.165) is 0 Å². The molecule has 1 aliphatic rings. The van der Waals surface area contributed by atoms with Gasteiger partial charge in [0, 0.05) is 19.6 Å². The fourth-order valence-corrected chi connectivity index (χ4v) is 1.25. The van der Waals surface area contributed by atoms with E-state index < -0.39 is 5.60 Å². The highest BCUT2D eigenvalue weighted by Gasteiger charge is 2.31. The van der Waals surface area contributed by atoms with Crippen LogP contribution in [0.1, 0.15) is 12.8 Å². The molecule has 0 aromatic carbocycles. The molecule has 0 bridgehead atoms. The van der Waals surface area contributed by atoms with Crippen LogP contribution in [-0.2, 0) is 4.74 Å². The van der Waals surface area contributed by atoms with Gasteiger partial charge in [0.15, 0.2) is 0 Å². The summed E-state index contributed by atoms with van der Waals surface area (Å²) in [5.41, 5.74) is -0.712. The van der Waals surface area contributed by atoms with Crippen molar-refractivity contribution in [3.8, 4) is 0 Å². The van der Waals surface area contributed by atoms with E-state index >= 15 is 0 Å². The third kappa shape index (κ3) is 3.05. The van der Waals surface area contributed by atoms with Gasteiger partial charge in [0.25, 0.3) is 0 Å². The van der Waals surface area contributed by atoms with Crippen molar-refractivity contribution in [1.29, 1.82) is 0 Å². The second kappa shape index (κ2) is 4.74. The fourth-order valence-electron chi connectivity index (χ4n) is 1.25. The molecule has 1 saturated heterocycles. The second-order valence-electron chi connectivity index (χ2n) is 3.25. The quantitative estimate of drug-likeness (QED) is 0.585. The third-order valence-electron chi connectivity index (χ3n) is 2.02. The summed E-state index contributed by atoms with van der Waals surface area (Å²) in [4.78, 5) is 0. The largest absolute Gasteiger partial charge is 0.386 e. The topological polar surface area (TPSA) is 41.5 Å². The molecule has 1 heterocycles. The molecule has 0 radical (unpaired) electrons. The van der Waals surface area contributed by atoms with E-state index in [-0.39, 0.29) is 6.67 Å². The minimum absolute atomic E-state index is 0.304. The van der Waals surface area contributed by atoms with E-state index in [1.807, 2.05) is 0 Å². The van der Waals surface area contributed by atoms with Crippen LogP contribution in [0.2, 0.25) is 0 Å². The average Bonchev–Trinajstić information content (AvgIpc) is 2.47. The molecule has 1 fully saturated rings. The number of nitrogens with one attached hydrogen (secondary N) is 1. The highest BCUT2D eigenvalue weighted by atomic mass is 19.1. The molecule has 0 amide bonds. The molecule has 4 heteroatoms. The molecular formula is C8H16FNO2. The molecular weight excluding hydrogens is 161 g/mol. The Bertz CT molecular complexity index is 126. The molecule has 0 aliphatic carbocycles. The van der Waals surface area contributed by atoms with Gasteiger partial charge in [-0.25, -0.2) is 0 Å². The lowest BCUT2D eigenvalue weighted by molar-refractivity contribution is 0.0271. The zero-order valence-electron chi connectivity index (χ0n) is 7.18. The first-order valence-corrected chi connectivity index (χ1v) is 4.34. The summed E-state index contributed by atoms with van der Waals surface area (Å²) in [5, 5.41) is 12.7. The summed E-state index contributed by atoms with van der Waals surface area (Å²) in [5.74, 6) is 0. The van der Waals surface area contributed by atoms with E-state index in [1.54, 1.807) is 0 Å². The fraction of sp³-hybridized carbons (Fsp3) is 1.00. The highest BCUT2D eigenvalue weighted by Crippen LogP contribution is 2.16. The molecule has 3 nitrogen and oxygen atoms in total. The van der Waals surface area contributed by atoms with Crippen LogP contribution in [0.5, 0.6) is 0 Å². The van der Waals surface area contributed by atoms with Crippen LogP contribution in [0.3, 0.4) is 0 Å². The Morgan fingerprint density at radius 1 is 1.58 bits per heavy atom. The molecule has 0 saturated carbocycles. The summed E-state index contributed by atoms with van der Waals surface area (Å²) >= 11 is 0. The van der Waals surface area contributed by atoms with Crippen LogP contribution in [0, 0.1) is 0 Å². The first kappa shape index (κ1) is 9.89. The lowest BCUT2D eigenvalue weighted by Crippen LogP contribution is -2.41. The van der Waals surface area contributed by atoms with Gasteiger partial charge < -0.3 is 15.2 Å². The predicted molar refractivity (Wildman–Crippen MR) is 43.8 cm³/mol. The van der Waals surface area contributed by atoms with Crippen molar-refractivity contribution in [1.82, 2.24) is 5.32 Å². The molecule has 1 atom stereocenters. The van der Waals surface area contributed by atoms with Crippen LogP contribution >= 0.6 is 0 Å². The Labute approximate surface area is 71.9 Å². The summed E-state index contributed by atoms with van der Waals surface area (Å²) < 4.78 is 16.7. The molecule has 12 heavy (non-hydrogen) atoms. The Balaban J connectivity index is 2.05. The first-order chi connectivity index (χ1) is 5.77. The van der Waals surface area contributed by atoms with Crippen molar-refractivity contribution in [2.24, 2.45) is 0 Å². The van der Waals surface area contributed by atoms with E-state index in [4.69, 9.17) is 4.74 Å². The van der Waals surface area contributed by atoms with Crippen molar-refractivity contribution < 1.29 is 14.2 Å². The minimum Gasteiger partial charge on any atom is -0.386 e. The normalized spacial score (nSPS) is 29.5. The van der Waals surface area contributed by atoms with Gasteiger partial charge in [-0.3, -0.25) is 4.39 Å². The number of ether oxygens (including phenoxy) is 1. The maximum atomic E-state index is 11.7. The predicted octanol–water partition coefficient (Wildman–Crippen LogP) is 0.0870. The van der Waals surface area contributed by atoms with Gasteiger partial charge in [-0.05, 0) is 13.0 Å². The SMILES string of the molecule is OC1(CNCCCF)CCOC1. The van der Waals surface area contributed by atoms with Crippen LogP contribution in [0.25, 0.3) is 0 Å². The smallest absolute Gasteiger partial charge is 0.102 e. The van der Waals surface area contributed by atoms with Crippen molar-refractivity contribution >= 4 is 0 Å². The Morgan fingerprint density at radius 3 is 3.00 bits per heavy atom. The molecule has 1 rings (SSSR count). The monoisotopic (exact) mass is 177 g/mol. The maximum Gasteiger partial charge on any atom is 0.102 e. The molecule has 1 aliphatic heterocycles. The number of hydrogen-bond donors (Lipinski definition) is 2. The van der Waals surface area contributed by atoms with Crippen LogP contribution < -0.4 is 5.32 Å². The van der Waals surface area contributed by atoms with E-state index in [1.165, 1.54) is 0 Å². The van der Waals surface area contributed by atoms with E-state index in [9.17, 15) is 9.50 Å². The maximum absolute atomic E-state index is 11.7. The van der Waals surface area contributed by atoms with Gasteiger partial charge >= 0.3 is 0 Å². The summed E-state index contributed by atoms with van der Waals surface area (Å²) in [7, 11) is 0. The molecule has 2 N–H and O–H groups in total. The van der Waals surface area contributed by atoms with Crippen molar-refractivity contribution in [3.63, 3.8) is 0 Å². The molecule has 0 spiro atoms. The minimum atomic E-state index is -0.712. The van der Waals surface area contributed by atoms with Crippen LogP contribution in [-0.4, -0.2) is 43.7 Å². The van der Waals surface area contributed by atoms with Gasteiger partial charge in [0.1, 0.15) is 5.60 Å². The lowest BCUT2D eigenvalue weighted by atomic mass is 10.0. The zero-order valence-corrected chi connectivity index (χ0v) is 7.18. The number of halogens is 1. The summed E-state index contributed by atoms with van der Waals surface area (Å²) in [6, 6.07) is 0. The molecule has 0 aromatic rings. The Kier molecular flexibility index (Phi) is 3.91. The van der Waals surface area contributed by atoms with Crippen molar-refractivity contribution in [3.05, 3.63) is 0 Å². The van der Waals surface area contributed by atoms with Gasteiger partial charge in [0.05, 0.1) is 13.3 Å². The molecule has 0 aromatic heterocycles. The lowest BCUT2D eigenvalue weighted by Gasteiger charge is -2.20. The summed E-state index contributed by atoms with van der Waals surface area (Å²) in [6.07, 6.45) is 1.19. The van der Waals surface area contributed by atoms with E-state index in [2.05, 4.69) is 5.32 Å². The van der Waals surface area contributed by atoms with Crippen LogP contribution in [0.4, 0.5) is 4.39 Å². The first-order valence-electron chi connectivity index (χ1n) is 4.34. The van der Waals surface area contributed by atoms with E-state index in [0.29, 0.717) is 39.1 Å². The Hall–Kier alpha value is -0.190.